The van der Waals surface area contributed by atoms with Crippen LogP contribution in [0.25, 0.3) is 0 Å². The van der Waals surface area contributed by atoms with Crippen LogP contribution in [0.5, 0.6) is 5.88 Å². The van der Waals surface area contributed by atoms with Gasteiger partial charge in [0, 0.05) is 37.9 Å². The first-order valence-corrected chi connectivity index (χ1v) is 8.11. The van der Waals surface area contributed by atoms with E-state index in [2.05, 4.69) is 47.1 Å². The van der Waals surface area contributed by atoms with Crippen LogP contribution >= 0.6 is 0 Å². The number of nitrogens with zero attached hydrogens (tertiary/aromatic N) is 2. The third-order valence-electron chi connectivity index (χ3n) is 4.13. The Bertz CT molecular complexity index is 590. The summed E-state index contributed by atoms with van der Waals surface area (Å²) in [5.41, 5.74) is 10.7. The predicted molar refractivity (Wildman–Crippen MR) is 94.7 cm³/mol. The van der Waals surface area contributed by atoms with Crippen molar-refractivity contribution in [1.82, 2.24) is 9.88 Å². The molecule has 0 saturated carbocycles. The second-order valence-corrected chi connectivity index (χ2v) is 5.85. The lowest BCUT2D eigenvalue weighted by Gasteiger charge is -2.23. The van der Waals surface area contributed by atoms with Gasteiger partial charge >= 0.3 is 0 Å². The van der Waals surface area contributed by atoms with Gasteiger partial charge in [0.15, 0.2) is 0 Å². The van der Waals surface area contributed by atoms with E-state index in [1.54, 1.807) is 7.11 Å². The zero-order valence-electron chi connectivity index (χ0n) is 14.4. The van der Waals surface area contributed by atoms with Crippen LogP contribution in [0.3, 0.4) is 0 Å². The molecule has 1 aromatic carbocycles. The first-order chi connectivity index (χ1) is 11.1. The van der Waals surface area contributed by atoms with Crippen molar-refractivity contribution >= 4 is 0 Å². The molecule has 23 heavy (non-hydrogen) atoms. The van der Waals surface area contributed by atoms with Gasteiger partial charge in [-0.2, -0.15) is 0 Å². The summed E-state index contributed by atoms with van der Waals surface area (Å²) in [4.78, 5) is 6.90. The zero-order valence-corrected chi connectivity index (χ0v) is 14.4. The van der Waals surface area contributed by atoms with E-state index in [9.17, 15) is 0 Å². The fraction of sp³-hybridized carbons (Fsp3) is 0.421. The van der Waals surface area contributed by atoms with Crippen LogP contribution in [0.4, 0.5) is 0 Å². The molecule has 4 nitrogen and oxygen atoms in total. The van der Waals surface area contributed by atoms with E-state index in [1.807, 2.05) is 13.0 Å². The number of aromatic nitrogens is 1. The van der Waals surface area contributed by atoms with E-state index in [0.717, 1.165) is 31.7 Å². The SMILES string of the molecule is COc1cc(C)c(CN(CCN)CCc2ccccc2)c(C)n1. The molecule has 0 atom stereocenters. The van der Waals surface area contributed by atoms with Gasteiger partial charge in [0.25, 0.3) is 0 Å². The summed E-state index contributed by atoms with van der Waals surface area (Å²) in [6, 6.07) is 12.6. The van der Waals surface area contributed by atoms with E-state index in [0.29, 0.717) is 12.4 Å². The van der Waals surface area contributed by atoms with Crippen LogP contribution in [0.1, 0.15) is 22.4 Å². The van der Waals surface area contributed by atoms with Crippen molar-refractivity contribution in [2.45, 2.75) is 26.8 Å². The lowest BCUT2D eigenvalue weighted by Crippen LogP contribution is -2.31. The van der Waals surface area contributed by atoms with Crippen molar-refractivity contribution in [3.63, 3.8) is 0 Å². The maximum absolute atomic E-state index is 5.80. The van der Waals surface area contributed by atoms with Gasteiger partial charge in [-0.15, -0.1) is 0 Å². The monoisotopic (exact) mass is 313 g/mol. The number of ether oxygens (including phenoxy) is 1. The minimum atomic E-state index is 0.663. The predicted octanol–water partition coefficient (Wildman–Crippen LogP) is 2.71. The molecule has 2 N–H and O–H groups in total. The van der Waals surface area contributed by atoms with Crippen molar-refractivity contribution < 1.29 is 4.74 Å². The number of benzene rings is 1. The molecule has 0 radical (unpaired) electrons. The Morgan fingerprint density at radius 1 is 1.13 bits per heavy atom. The van der Waals surface area contributed by atoms with E-state index >= 15 is 0 Å². The number of aryl methyl sites for hydroxylation is 2. The normalized spacial score (nSPS) is 11.0. The molecule has 0 aliphatic rings. The molecule has 124 valence electrons. The smallest absolute Gasteiger partial charge is 0.213 e. The topological polar surface area (TPSA) is 51.4 Å². The van der Waals surface area contributed by atoms with E-state index in [1.165, 1.54) is 16.7 Å². The van der Waals surface area contributed by atoms with Gasteiger partial charge in [-0.05, 0) is 37.0 Å². The van der Waals surface area contributed by atoms with Gasteiger partial charge in [0.05, 0.1) is 7.11 Å². The number of methoxy groups -OCH3 is 1. The fourth-order valence-corrected chi connectivity index (χ4v) is 2.77. The van der Waals surface area contributed by atoms with Crippen LogP contribution < -0.4 is 10.5 Å². The van der Waals surface area contributed by atoms with Crippen molar-refractivity contribution in [2.75, 3.05) is 26.7 Å². The molecule has 0 amide bonds. The van der Waals surface area contributed by atoms with Gasteiger partial charge in [0.2, 0.25) is 5.88 Å². The second kappa shape index (κ2) is 8.65. The lowest BCUT2D eigenvalue weighted by molar-refractivity contribution is 0.274. The summed E-state index contributed by atoms with van der Waals surface area (Å²) >= 11 is 0. The van der Waals surface area contributed by atoms with Crippen LogP contribution in [0.2, 0.25) is 0 Å². The standard InChI is InChI=1S/C19H27N3O/c1-15-13-19(23-3)21-16(2)18(15)14-22(12-10-20)11-9-17-7-5-4-6-8-17/h4-8,13H,9-12,14,20H2,1-3H3. The molecule has 0 aliphatic carbocycles. The van der Waals surface area contributed by atoms with Crippen LogP contribution in [0.15, 0.2) is 36.4 Å². The quantitative estimate of drug-likeness (QED) is 0.814. The van der Waals surface area contributed by atoms with Gasteiger partial charge < -0.3 is 10.5 Å². The summed E-state index contributed by atoms with van der Waals surface area (Å²) in [6.45, 7) is 7.58. The largest absolute Gasteiger partial charge is 0.481 e. The molecule has 0 fully saturated rings. The zero-order chi connectivity index (χ0) is 16.7. The molecule has 2 rings (SSSR count). The molecule has 0 spiro atoms. The molecular weight excluding hydrogens is 286 g/mol. The summed E-state index contributed by atoms with van der Waals surface area (Å²) < 4.78 is 5.24. The van der Waals surface area contributed by atoms with Crippen LogP contribution in [-0.4, -0.2) is 36.6 Å². The van der Waals surface area contributed by atoms with Crippen LogP contribution in [0, 0.1) is 13.8 Å². The van der Waals surface area contributed by atoms with Gasteiger partial charge in [-0.1, -0.05) is 30.3 Å². The molecule has 1 aromatic heterocycles. The summed E-state index contributed by atoms with van der Waals surface area (Å²) in [6.07, 6.45) is 1.03. The third-order valence-corrected chi connectivity index (χ3v) is 4.13. The van der Waals surface area contributed by atoms with E-state index in [4.69, 9.17) is 10.5 Å². The number of nitrogens with two attached hydrogens (primary N) is 1. The Morgan fingerprint density at radius 3 is 2.48 bits per heavy atom. The summed E-state index contributed by atoms with van der Waals surface area (Å²) in [7, 11) is 1.65. The minimum absolute atomic E-state index is 0.663. The molecular formula is C19H27N3O. The average molecular weight is 313 g/mol. The maximum Gasteiger partial charge on any atom is 0.213 e. The Labute approximate surface area is 139 Å². The third kappa shape index (κ3) is 5.05. The Hall–Kier alpha value is -1.91. The van der Waals surface area contributed by atoms with Gasteiger partial charge in [0.1, 0.15) is 0 Å². The van der Waals surface area contributed by atoms with E-state index in [-0.39, 0.29) is 0 Å². The van der Waals surface area contributed by atoms with Crippen molar-refractivity contribution in [1.29, 1.82) is 0 Å². The molecule has 0 aliphatic heterocycles. The Kier molecular flexibility index (Phi) is 6.56. The van der Waals surface area contributed by atoms with Crippen molar-refractivity contribution in [3.8, 4) is 5.88 Å². The molecule has 4 heteroatoms. The number of hydrogen-bond donors (Lipinski definition) is 1. The number of hydrogen-bond acceptors (Lipinski definition) is 4. The van der Waals surface area contributed by atoms with Gasteiger partial charge in [-0.3, -0.25) is 4.90 Å². The molecule has 1 heterocycles. The maximum atomic E-state index is 5.80. The van der Waals surface area contributed by atoms with Crippen molar-refractivity contribution in [2.24, 2.45) is 5.73 Å². The van der Waals surface area contributed by atoms with Crippen molar-refractivity contribution in [3.05, 3.63) is 58.8 Å². The minimum Gasteiger partial charge on any atom is -0.481 e. The highest BCUT2D eigenvalue weighted by atomic mass is 16.5. The fourth-order valence-electron chi connectivity index (χ4n) is 2.77. The van der Waals surface area contributed by atoms with Gasteiger partial charge in [-0.25, -0.2) is 4.98 Å². The Morgan fingerprint density at radius 2 is 1.87 bits per heavy atom. The molecule has 0 unspecified atom stereocenters. The second-order valence-electron chi connectivity index (χ2n) is 5.85. The average Bonchev–Trinajstić information content (AvgIpc) is 2.56. The summed E-state index contributed by atoms with van der Waals surface area (Å²) in [5.74, 6) is 0.679. The summed E-state index contributed by atoms with van der Waals surface area (Å²) in [5, 5.41) is 0. The lowest BCUT2D eigenvalue weighted by atomic mass is 10.1. The molecule has 2 aromatic rings. The first kappa shape index (κ1) is 17.4. The highest BCUT2D eigenvalue weighted by Crippen LogP contribution is 2.19. The molecule has 0 bridgehead atoms. The number of rotatable bonds is 8. The number of pyridine rings is 1. The molecule has 0 saturated heterocycles. The first-order valence-electron chi connectivity index (χ1n) is 8.11. The van der Waals surface area contributed by atoms with E-state index < -0.39 is 0 Å². The highest BCUT2D eigenvalue weighted by molar-refractivity contribution is 5.33. The highest BCUT2D eigenvalue weighted by Gasteiger charge is 2.12. The Balaban J connectivity index is 2.07. The van der Waals surface area contributed by atoms with Crippen LogP contribution in [-0.2, 0) is 13.0 Å².